The Morgan fingerprint density at radius 2 is 2.05 bits per heavy atom. The van der Waals surface area contributed by atoms with Crippen molar-refractivity contribution in [2.45, 2.75) is 17.9 Å². The zero-order chi connectivity index (χ0) is 15.6. The van der Waals surface area contributed by atoms with Crippen LogP contribution in [0.1, 0.15) is 17.8 Å². The lowest BCUT2D eigenvalue weighted by Gasteiger charge is -2.28. The van der Waals surface area contributed by atoms with Gasteiger partial charge in [0.1, 0.15) is 4.90 Å². The van der Waals surface area contributed by atoms with Crippen LogP contribution in [0.2, 0.25) is 0 Å². The molecule has 0 bridgehead atoms. The summed E-state index contributed by atoms with van der Waals surface area (Å²) in [6.07, 6.45) is 0. The van der Waals surface area contributed by atoms with Crippen molar-refractivity contribution >= 4 is 32.7 Å². The molecule has 0 saturated heterocycles. The first kappa shape index (κ1) is 15.8. The van der Waals surface area contributed by atoms with Crippen molar-refractivity contribution in [3.63, 3.8) is 0 Å². The van der Waals surface area contributed by atoms with Gasteiger partial charge in [-0.25, -0.2) is 13.1 Å². The minimum Gasteiger partial charge on any atom is -0.399 e. The van der Waals surface area contributed by atoms with Gasteiger partial charge < -0.3 is 10.6 Å². The SMILES string of the molecule is CNS(=O)(=O)c1cc(N)ccc1N(C)C(C)c1cccs1. The standard InChI is InChI=1S/C14H19N3O2S2/c1-10(13-5-4-8-20-13)17(3)12-7-6-11(15)9-14(12)21(18,19)16-2/h4-10,16H,15H2,1-3H3. The molecular weight excluding hydrogens is 306 g/mol. The molecule has 2 rings (SSSR count). The Morgan fingerprint density at radius 1 is 1.33 bits per heavy atom. The number of nitrogens with one attached hydrogen (secondary N) is 1. The highest BCUT2D eigenvalue weighted by molar-refractivity contribution is 7.89. The summed E-state index contributed by atoms with van der Waals surface area (Å²) in [5.74, 6) is 0. The van der Waals surface area contributed by atoms with Gasteiger partial charge in [0.25, 0.3) is 0 Å². The molecule has 1 aromatic carbocycles. The van der Waals surface area contributed by atoms with Crippen LogP contribution in [0, 0.1) is 0 Å². The van der Waals surface area contributed by atoms with E-state index in [1.807, 2.05) is 36.4 Å². The molecule has 114 valence electrons. The molecule has 0 radical (unpaired) electrons. The maximum absolute atomic E-state index is 12.2. The largest absolute Gasteiger partial charge is 0.399 e. The van der Waals surface area contributed by atoms with Crippen LogP contribution >= 0.6 is 11.3 Å². The molecule has 0 aliphatic rings. The summed E-state index contributed by atoms with van der Waals surface area (Å²) in [7, 11) is -0.294. The second-order valence-electron chi connectivity index (χ2n) is 4.74. The maximum atomic E-state index is 12.2. The molecule has 0 aliphatic carbocycles. The second-order valence-corrected chi connectivity index (χ2v) is 7.57. The Hall–Kier alpha value is -1.57. The van der Waals surface area contributed by atoms with Crippen LogP contribution in [0.25, 0.3) is 0 Å². The molecule has 2 aromatic rings. The summed E-state index contributed by atoms with van der Waals surface area (Å²) in [4.78, 5) is 3.30. The zero-order valence-corrected chi connectivity index (χ0v) is 13.8. The Kier molecular flexibility index (Phi) is 4.55. The van der Waals surface area contributed by atoms with E-state index in [0.29, 0.717) is 11.4 Å². The Labute approximate surface area is 129 Å². The number of nitrogen functional groups attached to an aromatic ring is 1. The fourth-order valence-corrected chi connectivity index (χ4v) is 3.90. The van der Waals surface area contributed by atoms with E-state index in [0.717, 1.165) is 0 Å². The van der Waals surface area contributed by atoms with Crippen LogP contribution < -0.4 is 15.4 Å². The number of hydrogen-bond acceptors (Lipinski definition) is 5. The molecule has 1 atom stereocenters. The Morgan fingerprint density at radius 3 is 2.62 bits per heavy atom. The van der Waals surface area contributed by atoms with Crippen molar-refractivity contribution in [2.24, 2.45) is 0 Å². The summed E-state index contributed by atoms with van der Waals surface area (Å²) < 4.78 is 26.7. The van der Waals surface area contributed by atoms with E-state index in [2.05, 4.69) is 4.72 Å². The normalized spacial score (nSPS) is 13.1. The second kappa shape index (κ2) is 6.05. The number of nitrogens with two attached hydrogens (primary N) is 1. The lowest BCUT2D eigenvalue weighted by Crippen LogP contribution is -2.26. The number of benzene rings is 1. The quantitative estimate of drug-likeness (QED) is 0.828. The van der Waals surface area contributed by atoms with Crippen molar-refractivity contribution in [3.05, 3.63) is 40.6 Å². The van der Waals surface area contributed by atoms with E-state index in [-0.39, 0.29) is 10.9 Å². The molecule has 0 saturated carbocycles. The molecule has 21 heavy (non-hydrogen) atoms. The monoisotopic (exact) mass is 325 g/mol. The predicted molar refractivity (Wildman–Crippen MR) is 88.2 cm³/mol. The third-order valence-electron chi connectivity index (χ3n) is 3.46. The average molecular weight is 325 g/mol. The summed E-state index contributed by atoms with van der Waals surface area (Å²) in [5, 5.41) is 2.01. The highest BCUT2D eigenvalue weighted by Crippen LogP contribution is 2.33. The van der Waals surface area contributed by atoms with Crippen LogP contribution in [-0.2, 0) is 10.0 Å². The first-order valence-corrected chi connectivity index (χ1v) is 8.82. The van der Waals surface area contributed by atoms with Crippen LogP contribution in [0.4, 0.5) is 11.4 Å². The average Bonchev–Trinajstić information content (AvgIpc) is 3.00. The van der Waals surface area contributed by atoms with Crippen molar-refractivity contribution in [1.29, 1.82) is 0 Å². The highest BCUT2D eigenvalue weighted by Gasteiger charge is 2.22. The molecule has 1 unspecified atom stereocenters. The molecule has 0 spiro atoms. The van der Waals surface area contributed by atoms with E-state index in [1.165, 1.54) is 18.0 Å². The number of rotatable bonds is 5. The van der Waals surface area contributed by atoms with Gasteiger partial charge in [0, 0.05) is 17.6 Å². The van der Waals surface area contributed by atoms with E-state index < -0.39 is 10.0 Å². The van der Waals surface area contributed by atoms with E-state index >= 15 is 0 Å². The Balaban J connectivity index is 2.49. The maximum Gasteiger partial charge on any atom is 0.242 e. The Bertz CT molecular complexity index is 712. The van der Waals surface area contributed by atoms with Crippen LogP contribution in [0.5, 0.6) is 0 Å². The molecule has 1 aromatic heterocycles. The van der Waals surface area contributed by atoms with Crippen LogP contribution in [0.3, 0.4) is 0 Å². The van der Waals surface area contributed by atoms with E-state index in [1.54, 1.807) is 23.5 Å². The number of thiophene rings is 1. The minimum absolute atomic E-state index is 0.0689. The van der Waals surface area contributed by atoms with Gasteiger partial charge in [-0.1, -0.05) is 6.07 Å². The van der Waals surface area contributed by atoms with E-state index in [4.69, 9.17) is 5.73 Å². The molecule has 0 amide bonds. The lowest BCUT2D eigenvalue weighted by molar-refractivity contribution is 0.587. The lowest BCUT2D eigenvalue weighted by atomic mass is 10.2. The summed E-state index contributed by atoms with van der Waals surface area (Å²) >= 11 is 1.64. The van der Waals surface area contributed by atoms with Crippen LogP contribution in [-0.4, -0.2) is 22.5 Å². The fraction of sp³-hybridized carbons (Fsp3) is 0.286. The predicted octanol–water partition coefficient (Wildman–Crippen LogP) is 2.44. The van der Waals surface area contributed by atoms with Gasteiger partial charge in [0.05, 0.1) is 11.7 Å². The first-order chi connectivity index (χ1) is 9.86. The summed E-state index contributed by atoms with van der Waals surface area (Å²) in [6.45, 7) is 2.04. The van der Waals surface area contributed by atoms with Crippen molar-refractivity contribution < 1.29 is 8.42 Å². The topological polar surface area (TPSA) is 75.4 Å². The van der Waals surface area contributed by atoms with Gasteiger partial charge in [-0.3, -0.25) is 0 Å². The zero-order valence-electron chi connectivity index (χ0n) is 12.2. The number of nitrogens with zero attached hydrogens (tertiary/aromatic N) is 1. The van der Waals surface area contributed by atoms with Crippen molar-refractivity contribution in [3.8, 4) is 0 Å². The highest BCUT2D eigenvalue weighted by atomic mass is 32.2. The first-order valence-electron chi connectivity index (χ1n) is 6.46. The van der Waals surface area contributed by atoms with Gasteiger partial charge in [0.2, 0.25) is 10.0 Å². The van der Waals surface area contributed by atoms with E-state index in [9.17, 15) is 8.42 Å². The number of sulfonamides is 1. The van der Waals surface area contributed by atoms with Gasteiger partial charge in [-0.2, -0.15) is 0 Å². The molecular formula is C14H19N3O2S2. The number of hydrogen-bond donors (Lipinski definition) is 2. The summed E-state index contributed by atoms with van der Waals surface area (Å²) in [5.41, 5.74) is 6.79. The van der Waals surface area contributed by atoms with Gasteiger partial charge in [-0.15, -0.1) is 11.3 Å². The minimum atomic E-state index is -3.57. The smallest absolute Gasteiger partial charge is 0.242 e. The molecule has 7 heteroatoms. The summed E-state index contributed by atoms with van der Waals surface area (Å²) in [6, 6.07) is 9.03. The third kappa shape index (κ3) is 3.20. The molecule has 1 heterocycles. The molecule has 0 aliphatic heterocycles. The fourth-order valence-electron chi connectivity index (χ4n) is 2.08. The van der Waals surface area contributed by atoms with Crippen molar-refractivity contribution in [2.75, 3.05) is 24.7 Å². The van der Waals surface area contributed by atoms with Crippen LogP contribution in [0.15, 0.2) is 40.6 Å². The molecule has 3 N–H and O–H groups in total. The molecule has 0 fully saturated rings. The van der Waals surface area contributed by atoms with Gasteiger partial charge in [-0.05, 0) is 43.6 Å². The van der Waals surface area contributed by atoms with Gasteiger partial charge in [0.15, 0.2) is 0 Å². The van der Waals surface area contributed by atoms with Gasteiger partial charge >= 0.3 is 0 Å². The van der Waals surface area contributed by atoms with Crippen molar-refractivity contribution in [1.82, 2.24) is 4.72 Å². The molecule has 5 nitrogen and oxygen atoms in total. The third-order valence-corrected chi connectivity index (χ3v) is 5.94. The number of anilines is 2.